The number of nitrogens with one attached hydrogen (secondary N) is 1. The molecule has 0 bridgehead atoms. The highest BCUT2D eigenvalue weighted by molar-refractivity contribution is 5.93. The number of carbonyl (C=O) groups excluding carboxylic acids is 1. The van der Waals surface area contributed by atoms with E-state index in [9.17, 15) is 9.18 Å². The summed E-state index contributed by atoms with van der Waals surface area (Å²) < 4.78 is 20.4. The molecule has 2 aromatic carbocycles. The molecule has 0 spiro atoms. The molecule has 28 heavy (non-hydrogen) atoms. The van der Waals surface area contributed by atoms with Crippen molar-refractivity contribution in [2.75, 3.05) is 11.9 Å². The molecule has 0 atom stereocenters. The molecule has 1 saturated carbocycles. The van der Waals surface area contributed by atoms with Crippen molar-refractivity contribution in [3.63, 3.8) is 0 Å². The number of nitrogens with zero attached hydrogens (tertiary/aromatic N) is 3. The van der Waals surface area contributed by atoms with Gasteiger partial charge < -0.3 is 10.1 Å². The third-order valence-electron chi connectivity index (χ3n) is 4.82. The van der Waals surface area contributed by atoms with Crippen LogP contribution in [0.2, 0.25) is 0 Å². The summed E-state index contributed by atoms with van der Waals surface area (Å²) in [6.07, 6.45) is 3.05. The maximum atomic E-state index is 13.3. The summed E-state index contributed by atoms with van der Waals surface area (Å²) in [5, 5.41) is 7.36. The number of aromatic nitrogens is 3. The number of ether oxygens (including phenoxy) is 1. The molecular weight excluding hydrogens is 359 g/mol. The van der Waals surface area contributed by atoms with Crippen LogP contribution in [-0.2, 0) is 4.79 Å². The highest BCUT2D eigenvalue weighted by Crippen LogP contribution is 2.28. The van der Waals surface area contributed by atoms with Crippen molar-refractivity contribution in [3.05, 3.63) is 54.3 Å². The SMILES string of the molecule is CCOc1nc(-c2ccc(F)cc2)n(-c2ccc(NC(=O)C3CCC3)cc2)n1. The Morgan fingerprint density at radius 1 is 1.18 bits per heavy atom. The Hall–Kier alpha value is -3.22. The van der Waals surface area contributed by atoms with E-state index in [1.165, 1.54) is 12.1 Å². The lowest BCUT2D eigenvalue weighted by molar-refractivity contribution is -0.122. The Balaban J connectivity index is 1.62. The molecule has 1 N–H and O–H groups in total. The minimum Gasteiger partial charge on any atom is -0.463 e. The number of carbonyl (C=O) groups is 1. The lowest BCUT2D eigenvalue weighted by atomic mass is 9.85. The molecule has 0 unspecified atom stereocenters. The van der Waals surface area contributed by atoms with Crippen LogP contribution in [0.15, 0.2) is 48.5 Å². The van der Waals surface area contributed by atoms with E-state index in [1.54, 1.807) is 16.8 Å². The van der Waals surface area contributed by atoms with E-state index >= 15 is 0 Å². The van der Waals surface area contributed by atoms with Crippen LogP contribution in [0, 0.1) is 11.7 Å². The van der Waals surface area contributed by atoms with Crippen molar-refractivity contribution in [3.8, 4) is 23.1 Å². The number of benzene rings is 2. The molecule has 1 heterocycles. The van der Waals surface area contributed by atoms with E-state index in [0.29, 0.717) is 12.4 Å². The van der Waals surface area contributed by atoms with Crippen molar-refractivity contribution in [2.24, 2.45) is 5.92 Å². The first-order valence-electron chi connectivity index (χ1n) is 9.41. The van der Waals surface area contributed by atoms with Gasteiger partial charge in [-0.2, -0.15) is 4.98 Å². The lowest BCUT2D eigenvalue weighted by Crippen LogP contribution is -2.27. The minimum absolute atomic E-state index is 0.0744. The summed E-state index contributed by atoms with van der Waals surface area (Å²) in [7, 11) is 0. The van der Waals surface area contributed by atoms with Gasteiger partial charge in [0.25, 0.3) is 0 Å². The average Bonchev–Trinajstić information content (AvgIpc) is 3.06. The van der Waals surface area contributed by atoms with Gasteiger partial charge in [0.1, 0.15) is 5.82 Å². The van der Waals surface area contributed by atoms with Crippen molar-refractivity contribution in [1.29, 1.82) is 0 Å². The molecule has 1 aliphatic rings. The fourth-order valence-electron chi connectivity index (χ4n) is 3.05. The van der Waals surface area contributed by atoms with Gasteiger partial charge in [-0.25, -0.2) is 9.07 Å². The third kappa shape index (κ3) is 3.74. The van der Waals surface area contributed by atoms with E-state index in [2.05, 4.69) is 15.4 Å². The van der Waals surface area contributed by atoms with E-state index in [0.717, 1.165) is 36.2 Å². The Bertz CT molecular complexity index is 963. The molecule has 144 valence electrons. The van der Waals surface area contributed by atoms with Crippen LogP contribution in [0.1, 0.15) is 26.2 Å². The van der Waals surface area contributed by atoms with Crippen LogP contribution < -0.4 is 10.1 Å². The van der Waals surface area contributed by atoms with Crippen molar-refractivity contribution in [1.82, 2.24) is 14.8 Å². The maximum Gasteiger partial charge on any atom is 0.336 e. The van der Waals surface area contributed by atoms with E-state index in [4.69, 9.17) is 4.74 Å². The van der Waals surface area contributed by atoms with Gasteiger partial charge in [0.15, 0.2) is 5.82 Å². The number of halogens is 1. The Kier molecular flexibility index (Phi) is 5.06. The zero-order chi connectivity index (χ0) is 19.5. The normalized spacial score (nSPS) is 13.8. The molecular formula is C21H21FN4O2. The molecule has 7 heteroatoms. The standard InChI is InChI=1S/C21H21FN4O2/c1-2-28-21-24-19(14-6-8-16(22)9-7-14)26(25-21)18-12-10-17(11-13-18)23-20(27)15-4-3-5-15/h6-13,15H,2-5H2,1H3,(H,23,27). The Morgan fingerprint density at radius 2 is 1.89 bits per heavy atom. The molecule has 6 nitrogen and oxygen atoms in total. The van der Waals surface area contributed by atoms with Crippen molar-refractivity contribution >= 4 is 11.6 Å². The van der Waals surface area contributed by atoms with Gasteiger partial charge in [0.05, 0.1) is 12.3 Å². The van der Waals surface area contributed by atoms with Gasteiger partial charge in [0, 0.05) is 17.2 Å². The average molecular weight is 380 g/mol. The van der Waals surface area contributed by atoms with Crippen LogP contribution in [-0.4, -0.2) is 27.3 Å². The second-order valence-electron chi connectivity index (χ2n) is 6.73. The Labute approximate surface area is 162 Å². The summed E-state index contributed by atoms with van der Waals surface area (Å²) in [6.45, 7) is 2.30. The third-order valence-corrected chi connectivity index (χ3v) is 4.82. The quantitative estimate of drug-likeness (QED) is 0.695. The smallest absolute Gasteiger partial charge is 0.336 e. The van der Waals surface area contributed by atoms with Crippen LogP contribution in [0.25, 0.3) is 17.1 Å². The summed E-state index contributed by atoms with van der Waals surface area (Å²) >= 11 is 0. The second kappa shape index (κ2) is 7.80. The first-order chi connectivity index (χ1) is 13.6. The summed E-state index contributed by atoms with van der Waals surface area (Å²) in [5.74, 6) is 0.445. The van der Waals surface area contributed by atoms with E-state index < -0.39 is 0 Å². The van der Waals surface area contributed by atoms with Crippen LogP contribution in [0.5, 0.6) is 6.01 Å². The number of anilines is 1. The topological polar surface area (TPSA) is 69.0 Å². The van der Waals surface area contributed by atoms with Crippen LogP contribution >= 0.6 is 0 Å². The van der Waals surface area contributed by atoms with E-state index in [-0.39, 0.29) is 23.7 Å². The summed E-state index contributed by atoms with van der Waals surface area (Å²) in [4.78, 5) is 16.5. The zero-order valence-corrected chi connectivity index (χ0v) is 15.6. The highest BCUT2D eigenvalue weighted by atomic mass is 19.1. The fourth-order valence-corrected chi connectivity index (χ4v) is 3.05. The van der Waals surface area contributed by atoms with Crippen LogP contribution in [0.4, 0.5) is 10.1 Å². The molecule has 1 amide bonds. The van der Waals surface area contributed by atoms with Gasteiger partial charge in [-0.05, 0) is 68.3 Å². The number of amides is 1. The van der Waals surface area contributed by atoms with Gasteiger partial charge in [-0.3, -0.25) is 4.79 Å². The largest absolute Gasteiger partial charge is 0.463 e. The molecule has 0 radical (unpaired) electrons. The zero-order valence-electron chi connectivity index (χ0n) is 15.6. The summed E-state index contributed by atoms with van der Waals surface area (Å²) in [5.41, 5.74) is 2.23. The highest BCUT2D eigenvalue weighted by Gasteiger charge is 2.25. The molecule has 4 rings (SSSR count). The van der Waals surface area contributed by atoms with Crippen molar-refractivity contribution < 1.29 is 13.9 Å². The molecule has 1 aromatic heterocycles. The van der Waals surface area contributed by atoms with Gasteiger partial charge in [-0.1, -0.05) is 6.42 Å². The second-order valence-corrected chi connectivity index (χ2v) is 6.73. The van der Waals surface area contributed by atoms with Gasteiger partial charge in [0.2, 0.25) is 5.91 Å². The fraction of sp³-hybridized carbons (Fsp3) is 0.286. The first kappa shape index (κ1) is 18.2. The number of hydrogen-bond acceptors (Lipinski definition) is 4. The number of hydrogen-bond donors (Lipinski definition) is 1. The monoisotopic (exact) mass is 380 g/mol. The van der Waals surface area contributed by atoms with E-state index in [1.807, 2.05) is 31.2 Å². The first-order valence-corrected chi connectivity index (χ1v) is 9.41. The maximum absolute atomic E-state index is 13.3. The molecule has 0 saturated heterocycles. The summed E-state index contributed by atoms with van der Waals surface area (Å²) in [6, 6.07) is 13.7. The molecule has 0 aliphatic heterocycles. The van der Waals surface area contributed by atoms with Gasteiger partial charge >= 0.3 is 6.01 Å². The molecule has 3 aromatic rings. The minimum atomic E-state index is -0.314. The molecule has 1 fully saturated rings. The predicted octanol–water partition coefficient (Wildman–Crippen LogP) is 4.21. The van der Waals surface area contributed by atoms with Crippen LogP contribution in [0.3, 0.4) is 0 Å². The van der Waals surface area contributed by atoms with Gasteiger partial charge in [-0.15, -0.1) is 5.10 Å². The Morgan fingerprint density at radius 3 is 2.50 bits per heavy atom. The lowest BCUT2D eigenvalue weighted by Gasteiger charge is -2.24. The molecule has 1 aliphatic carbocycles. The predicted molar refractivity (Wildman–Crippen MR) is 104 cm³/mol. The van der Waals surface area contributed by atoms with Crippen molar-refractivity contribution in [2.45, 2.75) is 26.2 Å². The number of rotatable bonds is 6.